The fourth-order valence-electron chi connectivity index (χ4n) is 4.65. The Labute approximate surface area is 201 Å². The van der Waals surface area contributed by atoms with Gasteiger partial charge in [-0.1, -0.05) is 0 Å². The maximum Gasteiger partial charge on any atom is 0.248 e. The van der Waals surface area contributed by atoms with Gasteiger partial charge in [-0.05, 0) is 43.9 Å². The van der Waals surface area contributed by atoms with E-state index in [0.717, 1.165) is 24.2 Å². The molecule has 0 aromatic carbocycles. The third kappa shape index (κ3) is 4.85. The molecule has 2 atom stereocenters. The van der Waals surface area contributed by atoms with Crippen molar-refractivity contribution in [3.63, 3.8) is 0 Å². The van der Waals surface area contributed by atoms with Crippen molar-refractivity contribution in [3.8, 4) is 11.5 Å². The van der Waals surface area contributed by atoms with E-state index in [1.54, 1.807) is 30.6 Å². The minimum Gasteiger partial charge on any atom is -0.454 e. The van der Waals surface area contributed by atoms with Gasteiger partial charge in [0.2, 0.25) is 5.92 Å². The van der Waals surface area contributed by atoms with Crippen LogP contribution in [0, 0.1) is 0 Å². The van der Waals surface area contributed by atoms with Crippen molar-refractivity contribution in [1.82, 2.24) is 19.7 Å². The molecule has 2 aliphatic carbocycles. The van der Waals surface area contributed by atoms with Crippen molar-refractivity contribution < 1.29 is 23.4 Å². The summed E-state index contributed by atoms with van der Waals surface area (Å²) in [7, 11) is 0. The minimum atomic E-state index is -2.59. The summed E-state index contributed by atoms with van der Waals surface area (Å²) >= 11 is 0. The van der Waals surface area contributed by atoms with Gasteiger partial charge >= 0.3 is 0 Å². The van der Waals surface area contributed by atoms with E-state index in [9.17, 15) is 13.9 Å². The Morgan fingerprint density at radius 2 is 1.89 bits per heavy atom. The molecule has 3 aliphatic rings. The van der Waals surface area contributed by atoms with Gasteiger partial charge < -0.3 is 19.9 Å². The van der Waals surface area contributed by atoms with Crippen molar-refractivity contribution >= 4 is 11.5 Å². The molecular formula is C25H27F2N5O3. The van der Waals surface area contributed by atoms with Crippen LogP contribution < -0.4 is 10.1 Å². The van der Waals surface area contributed by atoms with Crippen molar-refractivity contribution in [1.29, 1.82) is 0 Å². The molecule has 2 N–H and O–H groups in total. The molecule has 0 bridgehead atoms. The zero-order chi connectivity index (χ0) is 24.0. The van der Waals surface area contributed by atoms with Crippen LogP contribution in [0.5, 0.6) is 11.5 Å². The Balaban J connectivity index is 1.20. The summed E-state index contributed by atoms with van der Waals surface area (Å²) in [5, 5.41) is 17.8. The fourth-order valence-corrected chi connectivity index (χ4v) is 4.65. The lowest BCUT2D eigenvalue weighted by Crippen LogP contribution is -2.37. The SMILES string of the molecule is OC1COC1c1cc(Nc2cc(Oc3cn(C4CC4)nc3C3CCC(F)(F)CC3)ccn2)ccn1. The van der Waals surface area contributed by atoms with E-state index < -0.39 is 18.1 Å². The van der Waals surface area contributed by atoms with Crippen LogP contribution in [0.15, 0.2) is 42.9 Å². The van der Waals surface area contributed by atoms with E-state index in [1.807, 2.05) is 16.9 Å². The summed E-state index contributed by atoms with van der Waals surface area (Å²) in [5.41, 5.74) is 2.17. The normalized spacial score (nSPS) is 24.1. The first-order valence-corrected chi connectivity index (χ1v) is 12.1. The molecule has 1 aliphatic heterocycles. The van der Waals surface area contributed by atoms with Crippen LogP contribution in [0.1, 0.15) is 68.0 Å². The second-order valence-electron chi connectivity index (χ2n) is 9.61. The highest BCUT2D eigenvalue weighted by molar-refractivity contribution is 5.57. The predicted molar refractivity (Wildman–Crippen MR) is 123 cm³/mol. The summed E-state index contributed by atoms with van der Waals surface area (Å²) in [5.74, 6) is -0.858. The van der Waals surface area contributed by atoms with Gasteiger partial charge in [0.1, 0.15) is 29.5 Å². The molecule has 8 nitrogen and oxygen atoms in total. The third-order valence-corrected chi connectivity index (χ3v) is 6.85. The number of aliphatic hydroxyl groups excluding tert-OH is 1. The number of halogens is 2. The number of nitrogens with zero attached hydrogens (tertiary/aromatic N) is 4. The maximum absolute atomic E-state index is 13.7. The Hall–Kier alpha value is -3.11. The van der Waals surface area contributed by atoms with Gasteiger partial charge in [0.25, 0.3) is 0 Å². The van der Waals surface area contributed by atoms with E-state index in [4.69, 9.17) is 14.6 Å². The average molecular weight is 484 g/mol. The van der Waals surface area contributed by atoms with Crippen molar-refractivity contribution in [2.75, 3.05) is 11.9 Å². The summed E-state index contributed by atoms with van der Waals surface area (Å²) in [6.45, 7) is 0.313. The number of nitrogens with one attached hydrogen (secondary N) is 1. The van der Waals surface area contributed by atoms with Crippen LogP contribution in [0.2, 0.25) is 0 Å². The second kappa shape index (κ2) is 8.83. The molecule has 0 amide bonds. The molecular weight excluding hydrogens is 456 g/mol. The molecule has 2 saturated carbocycles. The maximum atomic E-state index is 13.7. The van der Waals surface area contributed by atoms with Crippen molar-refractivity contribution in [3.05, 3.63) is 54.2 Å². The van der Waals surface area contributed by atoms with E-state index in [1.165, 1.54) is 0 Å². The molecule has 35 heavy (non-hydrogen) atoms. The Bertz CT molecular complexity index is 1210. The third-order valence-electron chi connectivity index (χ3n) is 6.85. The number of hydrogen-bond donors (Lipinski definition) is 2. The average Bonchev–Trinajstić information content (AvgIpc) is 3.60. The molecule has 6 rings (SSSR count). The van der Waals surface area contributed by atoms with E-state index >= 15 is 0 Å². The van der Waals surface area contributed by atoms with Gasteiger partial charge in [-0.2, -0.15) is 5.10 Å². The summed E-state index contributed by atoms with van der Waals surface area (Å²) < 4.78 is 41.0. The zero-order valence-corrected chi connectivity index (χ0v) is 19.1. The molecule has 3 aromatic heterocycles. The largest absolute Gasteiger partial charge is 0.454 e. The molecule has 3 aromatic rings. The Morgan fingerprint density at radius 1 is 1.09 bits per heavy atom. The first kappa shape index (κ1) is 22.4. The van der Waals surface area contributed by atoms with Crippen LogP contribution in [0.4, 0.5) is 20.3 Å². The van der Waals surface area contributed by atoms with Gasteiger partial charge in [0.15, 0.2) is 5.75 Å². The molecule has 0 spiro atoms. The van der Waals surface area contributed by atoms with Crippen LogP contribution >= 0.6 is 0 Å². The number of hydrogen-bond acceptors (Lipinski definition) is 7. The standard InChI is InChI=1S/C25H27F2N5O3/c26-25(27)7-3-15(4-8-25)23-21(13-32(31-23)17-1-2-17)35-18-6-10-29-22(12-18)30-16-5-9-28-19(11-16)24-20(33)14-34-24/h5-6,9-13,15,17,20,24,33H,1-4,7-8,14H2,(H,28,29,30). The van der Waals surface area contributed by atoms with Gasteiger partial charge in [-0.25, -0.2) is 13.8 Å². The van der Waals surface area contributed by atoms with Gasteiger partial charge in [0.05, 0.1) is 24.5 Å². The molecule has 1 saturated heterocycles. The summed E-state index contributed by atoms with van der Waals surface area (Å²) in [6.07, 6.45) is 6.94. The van der Waals surface area contributed by atoms with E-state index in [-0.39, 0.29) is 18.8 Å². The number of pyridine rings is 2. The van der Waals surface area contributed by atoms with Crippen LogP contribution in [0.3, 0.4) is 0 Å². The first-order valence-electron chi connectivity index (χ1n) is 12.1. The lowest BCUT2D eigenvalue weighted by atomic mass is 9.84. The molecule has 10 heteroatoms. The zero-order valence-electron chi connectivity index (χ0n) is 19.1. The topological polar surface area (TPSA) is 94.3 Å². The number of anilines is 2. The van der Waals surface area contributed by atoms with Crippen LogP contribution in [0.25, 0.3) is 0 Å². The highest BCUT2D eigenvalue weighted by Crippen LogP contribution is 2.45. The highest BCUT2D eigenvalue weighted by Gasteiger charge is 2.38. The first-order chi connectivity index (χ1) is 16.9. The smallest absolute Gasteiger partial charge is 0.248 e. The monoisotopic (exact) mass is 483 g/mol. The number of ether oxygens (including phenoxy) is 2. The lowest BCUT2D eigenvalue weighted by molar-refractivity contribution is -0.167. The highest BCUT2D eigenvalue weighted by atomic mass is 19.3. The minimum absolute atomic E-state index is 0.0385. The number of rotatable bonds is 7. The Morgan fingerprint density at radius 3 is 2.60 bits per heavy atom. The summed E-state index contributed by atoms with van der Waals surface area (Å²) in [6, 6.07) is 7.53. The number of aromatic nitrogens is 4. The lowest BCUT2D eigenvalue weighted by Gasteiger charge is -2.32. The van der Waals surface area contributed by atoms with Gasteiger partial charge in [0, 0.05) is 42.9 Å². The van der Waals surface area contributed by atoms with Gasteiger partial charge in [-0.3, -0.25) is 9.67 Å². The predicted octanol–water partition coefficient (Wildman–Crippen LogP) is 5.27. The van der Waals surface area contributed by atoms with Crippen molar-refractivity contribution in [2.24, 2.45) is 0 Å². The molecule has 4 heterocycles. The molecule has 3 fully saturated rings. The van der Waals surface area contributed by atoms with Crippen molar-refractivity contribution in [2.45, 2.75) is 68.6 Å². The molecule has 184 valence electrons. The van der Waals surface area contributed by atoms with Crippen LogP contribution in [-0.4, -0.2) is 43.5 Å². The Kier molecular flexibility index (Phi) is 5.64. The number of aliphatic hydroxyl groups is 1. The van der Waals surface area contributed by atoms with E-state index in [2.05, 4.69) is 15.3 Å². The number of alkyl halides is 2. The van der Waals surface area contributed by atoms with Crippen LogP contribution in [-0.2, 0) is 4.74 Å². The fraction of sp³-hybridized carbons (Fsp3) is 0.480. The summed E-state index contributed by atoms with van der Waals surface area (Å²) in [4.78, 5) is 8.66. The van der Waals surface area contributed by atoms with Gasteiger partial charge in [-0.15, -0.1) is 0 Å². The second-order valence-corrected chi connectivity index (χ2v) is 9.61. The molecule has 2 unspecified atom stereocenters. The quantitative estimate of drug-likeness (QED) is 0.473. The molecule has 0 radical (unpaired) electrons. The van der Waals surface area contributed by atoms with E-state index in [0.29, 0.717) is 48.5 Å².